The molecule has 0 amide bonds. The Kier molecular flexibility index (Phi) is 10.6. The van der Waals surface area contributed by atoms with Crippen molar-refractivity contribution in [3.63, 3.8) is 0 Å². The average molecular weight is 524 g/mol. The summed E-state index contributed by atoms with van der Waals surface area (Å²) in [6.45, 7) is 8.37. The predicted molar refractivity (Wildman–Crippen MR) is 158 cm³/mol. The van der Waals surface area contributed by atoms with Crippen LogP contribution in [0.4, 0.5) is 0 Å². The number of nitriles is 1. The van der Waals surface area contributed by atoms with E-state index in [0.717, 1.165) is 92.5 Å². The number of unbranched alkanes of at least 4 members (excludes halogenated alkanes) is 1. The Morgan fingerprint density at radius 1 is 1.13 bits per heavy atom. The van der Waals surface area contributed by atoms with Crippen LogP contribution < -0.4 is 0 Å². The number of likely N-dealkylation sites (N-methyl/N-ethyl adjacent to an activating group) is 1. The predicted octanol–water partition coefficient (Wildman–Crippen LogP) is 6.40. The van der Waals surface area contributed by atoms with Crippen molar-refractivity contribution in [3.8, 4) is 6.07 Å². The van der Waals surface area contributed by atoms with Gasteiger partial charge in [0.2, 0.25) is 0 Å². The van der Waals surface area contributed by atoms with Crippen LogP contribution >= 0.6 is 0 Å². The summed E-state index contributed by atoms with van der Waals surface area (Å²) in [5.41, 5.74) is 5.90. The number of nitrogens with zero attached hydrogens (tertiary/aromatic N) is 5. The summed E-state index contributed by atoms with van der Waals surface area (Å²) in [7, 11) is 4.08. The van der Waals surface area contributed by atoms with Crippen LogP contribution in [0.3, 0.4) is 0 Å². The fraction of sp³-hybridized carbons (Fsp3) is 0.424. The lowest BCUT2D eigenvalue weighted by Gasteiger charge is -2.32. The Morgan fingerprint density at radius 2 is 1.92 bits per heavy atom. The van der Waals surface area contributed by atoms with Crippen molar-refractivity contribution in [2.75, 3.05) is 33.7 Å². The molecule has 0 unspecified atom stereocenters. The molecule has 1 aliphatic heterocycles. The minimum absolute atomic E-state index is 0.475. The number of aryl methyl sites for hydroxylation is 2. The van der Waals surface area contributed by atoms with Crippen molar-refractivity contribution in [1.29, 1.82) is 5.26 Å². The van der Waals surface area contributed by atoms with Gasteiger partial charge in [-0.05, 0) is 95.7 Å². The van der Waals surface area contributed by atoms with Gasteiger partial charge in [-0.1, -0.05) is 60.3 Å². The van der Waals surface area contributed by atoms with Crippen LogP contribution in [0.25, 0.3) is 11.6 Å². The minimum atomic E-state index is 0.475. The molecule has 0 aliphatic carbocycles. The van der Waals surface area contributed by atoms with Gasteiger partial charge in [0.1, 0.15) is 11.8 Å². The molecule has 0 bridgehead atoms. The topological polar surface area (TPSA) is 69.2 Å². The summed E-state index contributed by atoms with van der Waals surface area (Å²) in [5.74, 6) is 1.52. The van der Waals surface area contributed by atoms with E-state index in [1.165, 1.54) is 18.4 Å². The molecule has 0 atom stereocenters. The van der Waals surface area contributed by atoms with Gasteiger partial charge in [-0.3, -0.25) is 4.90 Å². The van der Waals surface area contributed by atoms with Crippen molar-refractivity contribution >= 4 is 11.6 Å². The van der Waals surface area contributed by atoms with Crippen LogP contribution in [-0.4, -0.2) is 53.7 Å². The van der Waals surface area contributed by atoms with Crippen molar-refractivity contribution in [2.45, 2.75) is 51.5 Å². The van der Waals surface area contributed by atoms with Crippen molar-refractivity contribution in [1.82, 2.24) is 19.9 Å². The number of hydrogen-bond acceptors (Lipinski definition) is 6. The number of hydrogen-bond donors (Lipinski definition) is 0. The number of allylic oxidation sites excluding steroid dienone is 1. The van der Waals surface area contributed by atoms with Crippen LogP contribution in [0.1, 0.15) is 66.1 Å². The smallest absolute Gasteiger partial charge is 0.171 e. The van der Waals surface area contributed by atoms with Crippen LogP contribution in [0.2, 0.25) is 0 Å². The largest absolute Gasteiger partial charge is 0.356 e. The third kappa shape index (κ3) is 8.74. The minimum Gasteiger partial charge on any atom is -0.356 e. The van der Waals surface area contributed by atoms with E-state index in [0.29, 0.717) is 5.69 Å². The molecule has 6 heteroatoms. The number of aromatic nitrogens is 2. The molecular weight excluding hydrogens is 482 g/mol. The second-order valence-electron chi connectivity index (χ2n) is 10.9. The van der Waals surface area contributed by atoms with Gasteiger partial charge in [-0.2, -0.15) is 5.26 Å². The maximum atomic E-state index is 9.07. The highest BCUT2D eigenvalue weighted by atomic mass is 16.5. The molecule has 0 spiro atoms. The van der Waals surface area contributed by atoms with Gasteiger partial charge in [0, 0.05) is 29.9 Å². The summed E-state index contributed by atoms with van der Waals surface area (Å²) in [6.07, 6.45) is 11.6. The SMILES string of the molecule is C=C(CN(C)C)c1onc(CCC2CCN(Cc3ccccc3)CC2)c1/C=C\CCCc1cccc(C#N)n1. The maximum Gasteiger partial charge on any atom is 0.171 e. The van der Waals surface area contributed by atoms with Gasteiger partial charge in [0.15, 0.2) is 5.76 Å². The Bertz CT molecular complexity index is 1260. The van der Waals surface area contributed by atoms with Crippen LogP contribution in [-0.2, 0) is 19.4 Å². The van der Waals surface area contributed by atoms with E-state index in [-0.39, 0.29) is 0 Å². The molecule has 1 aliphatic rings. The molecule has 1 saturated heterocycles. The Morgan fingerprint density at radius 3 is 2.67 bits per heavy atom. The fourth-order valence-electron chi connectivity index (χ4n) is 5.29. The van der Waals surface area contributed by atoms with E-state index >= 15 is 0 Å². The Balaban J connectivity index is 1.32. The lowest BCUT2D eigenvalue weighted by molar-refractivity contribution is 0.172. The van der Waals surface area contributed by atoms with E-state index in [1.807, 2.05) is 26.2 Å². The van der Waals surface area contributed by atoms with E-state index in [4.69, 9.17) is 9.78 Å². The third-order valence-corrected chi connectivity index (χ3v) is 7.39. The average Bonchev–Trinajstić information content (AvgIpc) is 3.35. The zero-order chi connectivity index (χ0) is 27.5. The van der Waals surface area contributed by atoms with E-state index in [2.05, 4.69) is 75.1 Å². The maximum absolute atomic E-state index is 9.07. The monoisotopic (exact) mass is 523 g/mol. The molecule has 3 aromatic rings. The standard InChI is InChI=1S/C33H41N5O/c1-26(24-37(2)3)33-31(16-9-5-8-13-29-14-10-15-30(23-34)35-29)32(36-39-33)18-17-27-19-21-38(22-20-27)25-28-11-6-4-7-12-28/h4,6-7,9-12,14-16,27H,1,5,8,13,17-22,24-25H2,2-3H3/b16-9-. The highest BCUT2D eigenvalue weighted by Gasteiger charge is 2.22. The van der Waals surface area contributed by atoms with E-state index in [9.17, 15) is 0 Å². The number of likely N-dealkylation sites (tertiary alicyclic amines) is 1. The van der Waals surface area contributed by atoms with Gasteiger partial charge in [-0.25, -0.2) is 4.98 Å². The summed E-state index contributed by atoms with van der Waals surface area (Å²) >= 11 is 0. The van der Waals surface area contributed by atoms with Gasteiger partial charge in [0.05, 0.1) is 5.69 Å². The normalized spacial score (nSPS) is 14.7. The molecule has 1 aromatic carbocycles. The quantitative estimate of drug-likeness (QED) is 0.242. The van der Waals surface area contributed by atoms with Crippen LogP contribution in [0.5, 0.6) is 0 Å². The molecule has 204 valence electrons. The Hall–Kier alpha value is -3.53. The summed E-state index contributed by atoms with van der Waals surface area (Å²) in [5, 5.41) is 13.6. The van der Waals surface area contributed by atoms with Crippen molar-refractivity contribution in [3.05, 3.63) is 95.2 Å². The van der Waals surface area contributed by atoms with E-state index in [1.54, 1.807) is 6.07 Å². The summed E-state index contributed by atoms with van der Waals surface area (Å²) in [6, 6.07) is 18.5. The zero-order valence-electron chi connectivity index (χ0n) is 23.5. The second kappa shape index (κ2) is 14.6. The van der Waals surface area contributed by atoms with Crippen molar-refractivity contribution < 1.29 is 4.52 Å². The van der Waals surface area contributed by atoms with Gasteiger partial charge in [-0.15, -0.1) is 0 Å². The highest BCUT2D eigenvalue weighted by molar-refractivity contribution is 5.71. The van der Waals surface area contributed by atoms with Crippen molar-refractivity contribution in [2.24, 2.45) is 5.92 Å². The van der Waals surface area contributed by atoms with Gasteiger partial charge < -0.3 is 9.42 Å². The first-order valence-corrected chi connectivity index (χ1v) is 14.1. The first-order chi connectivity index (χ1) is 19.0. The van der Waals surface area contributed by atoms with Crippen LogP contribution in [0, 0.1) is 17.2 Å². The molecule has 39 heavy (non-hydrogen) atoms. The molecule has 0 radical (unpaired) electrons. The van der Waals surface area contributed by atoms with Crippen LogP contribution in [0.15, 0.2) is 65.7 Å². The highest BCUT2D eigenvalue weighted by Crippen LogP contribution is 2.28. The molecule has 6 nitrogen and oxygen atoms in total. The number of benzene rings is 1. The lowest BCUT2D eigenvalue weighted by Crippen LogP contribution is -2.33. The number of rotatable bonds is 13. The number of piperidine rings is 1. The molecule has 4 rings (SSSR count). The first-order valence-electron chi connectivity index (χ1n) is 14.1. The molecule has 0 N–H and O–H groups in total. The first kappa shape index (κ1) is 28.5. The lowest BCUT2D eigenvalue weighted by atomic mass is 9.90. The summed E-state index contributed by atoms with van der Waals surface area (Å²) < 4.78 is 5.86. The fourth-order valence-corrected chi connectivity index (χ4v) is 5.29. The molecular formula is C33H41N5O. The molecule has 2 aromatic heterocycles. The van der Waals surface area contributed by atoms with Gasteiger partial charge in [0.25, 0.3) is 0 Å². The molecule has 1 fully saturated rings. The zero-order valence-corrected chi connectivity index (χ0v) is 23.5. The molecule has 3 heterocycles. The Labute approximate surface area is 233 Å². The van der Waals surface area contributed by atoms with Gasteiger partial charge >= 0.3 is 0 Å². The molecule has 0 saturated carbocycles. The third-order valence-electron chi connectivity index (χ3n) is 7.39. The number of pyridine rings is 1. The second-order valence-corrected chi connectivity index (χ2v) is 10.9. The summed E-state index contributed by atoms with van der Waals surface area (Å²) in [4.78, 5) is 9.06. The van der Waals surface area contributed by atoms with E-state index < -0.39 is 0 Å².